The molecule has 0 aromatic heterocycles. The van der Waals surface area contributed by atoms with Crippen LogP contribution in [0.15, 0.2) is 0 Å². The van der Waals surface area contributed by atoms with Crippen LogP contribution in [0.4, 0.5) is 0 Å². The molecule has 2 nitrogen and oxygen atoms in total. The first kappa shape index (κ1) is 18.4. The van der Waals surface area contributed by atoms with Gasteiger partial charge in [0.2, 0.25) is 0 Å². The van der Waals surface area contributed by atoms with Gasteiger partial charge in [-0.2, -0.15) is 0 Å². The zero-order valence-corrected chi connectivity index (χ0v) is 10.5. The van der Waals surface area contributed by atoms with Crippen molar-refractivity contribution in [2.45, 2.75) is 47.5 Å². The van der Waals surface area contributed by atoms with Gasteiger partial charge in [0.05, 0.1) is 0 Å². The summed E-state index contributed by atoms with van der Waals surface area (Å²) in [5.41, 5.74) is 0. The Morgan fingerprint density at radius 3 is 1.69 bits per heavy atom. The van der Waals surface area contributed by atoms with Crippen molar-refractivity contribution in [1.82, 2.24) is 4.90 Å². The van der Waals surface area contributed by atoms with Crippen molar-refractivity contribution in [3.63, 3.8) is 0 Å². The van der Waals surface area contributed by atoms with Gasteiger partial charge in [-0.3, -0.25) is 0 Å². The number of Topliss-reactive ketones (excluding diaryl/α,β-unsaturated/α-hetero) is 1. The lowest BCUT2D eigenvalue weighted by atomic mass is 10.2. The van der Waals surface area contributed by atoms with Gasteiger partial charge in [0.15, 0.2) is 0 Å². The summed E-state index contributed by atoms with van der Waals surface area (Å²) >= 11 is 0. The second-order valence-corrected chi connectivity index (χ2v) is 2.61. The fraction of sp³-hybridized carbons (Fsp3) is 0.909. The average Bonchev–Trinajstić information content (AvgIpc) is 2.10. The van der Waals surface area contributed by atoms with Crippen LogP contribution in [0.1, 0.15) is 47.5 Å². The third-order valence-corrected chi connectivity index (χ3v) is 1.13. The number of nitrogens with zero attached hydrogens (tertiary/aromatic N) is 1. The van der Waals surface area contributed by atoms with Gasteiger partial charge in [0.1, 0.15) is 5.78 Å². The van der Waals surface area contributed by atoms with Crippen LogP contribution in [0.5, 0.6) is 0 Å². The lowest BCUT2D eigenvalue weighted by molar-refractivity contribution is -0.117. The van der Waals surface area contributed by atoms with Crippen molar-refractivity contribution < 1.29 is 4.79 Å². The molecule has 0 aromatic carbocycles. The van der Waals surface area contributed by atoms with Crippen LogP contribution in [0.3, 0.4) is 0 Å². The molecule has 0 aromatic rings. The third kappa shape index (κ3) is 34.0. The number of ketones is 1. The smallest absolute Gasteiger partial charge is 0.129 e. The first-order valence-corrected chi connectivity index (χ1v) is 5.27. The molecule has 0 bridgehead atoms. The van der Waals surface area contributed by atoms with Gasteiger partial charge in [-0.15, -0.1) is 0 Å². The van der Waals surface area contributed by atoms with E-state index in [0.29, 0.717) is 0 Å². The third-order valence-electron chi connectivity index (χ3n) is 1.13. The summed E-state index contributed by atoms with van der Waals surface area (Å²) in [5.74, 6) is 0.289. The van der Waals surface area contributed by atoms with E-state index < -0.39 is 0 Å². The topological polar surface area (TPSA) is 20.3 Å². The molecular weight excluding hydrogens is 162 g/mol. The number of hydrogen-bond acceptors (Lipinski definition) is 2. The summed E-state index contributed by atoms with van der Waals surface area (Å²) in [4.78, 5) is 12.5. The molecular formula is C11H27NO. The predicted octanol–water partition coefficient (Wildman–Crippen LogP) is 2.97. The summed E-state index contributed by atoms with van der Waals surface area (Å²) in [6, 6.07) is 0. The molecule has 2 heteroatoms. The molecule has 0 aliphatic carbocycles. The van der Waals surface area contributed by atoms with Gasteiger partial charge in [0.25, 0.3) is 0 Å². The molecule has 0 N–H and O–H groups in total. The minimum absolute atomic E-state index is 0.289. The Bertz CT molecular complexity index is 90.1. The first-order chi connectivity index (χ1) is 6.13. The highest BCUT2D eigenvalue weighted by atomic mass is 16.1. The van der Waals surface area contributed by atoms with E-state index in [1.54, 1.807) is 6.92 Å². The molecule has 0 saturated carbocycles. The molecule has 0 rings (SSSR count). The van der Waals surface area contributed by atoms with E-state index in [-0.39, 0.29) is 5.78 Å². The van der Waals surface area contributed by atoms with Crippen LogP contribution >= 0.6 is 0 Å². The summed E-state index contributed by atoms with van der Waals surface area (Å²) in [6.45, 7) is 10.6. The Morgan fingerprint density at radius 2 is 1.46 bits per heavy atom. The standard InChI is InChI=1S/C7H15NO.2C2H6/c1-7(9)5-4-6-8(2)3;2*1-2/h4-6H2,1-3H3;2*1-2H3. The fourth-order valence-corrected chi connectivity index (χ4v) is 0.644. The van der Waals surface area contributed by atoms with Gasteiger partial charge in [0, 0.05) is 6.42 Å². The van der Waals surface area contributed by atoms with Gasteiger partial charge in [-0.05, 0) is 34.0 Å². The van der Waals surface area contributed by atoms with Crippen LogP contribution in [-0.4, -0.2) is 31.3 Å². The Kier molecular flexibility index (Phi) is 25.0. The summed E-state index contributed by atoms with van der Waals surface area (Å²) < 4.78 is 0. The van der Waals surface area contributed by atoms with Crippen molar-refractivity contribution in [3.8, 4) is 0 Å². The average molecular weight is 189 g/mol. The predicted molar refractivity (Wildman–Crippen MR) is 61.2 cm³/mol. The van der Waals surface area contributed by atoms with E-state index in [1.807, 2.05) is 41.8 Å². The van der Waals surface area contributed by atoms with Crippen LogP contribution in [0.25, 0.3) is 0 Å². The number of hydrogen-bond donors (Lipinski definition) is 0. The van der Waals surface area contributed by atoms with Crippen LogP contribution < -0.4 is 0 Å². The molecule has 0 radical (unpaired) electrons. The molecule has 0 aliphatic rings. The van der Waals surface area contributed by atoms with Crippen molar-refractivity contribution in [1.29, 1.82) is 0 Å². The molecule has 13 heavy (non-hydrogen) atoms. The maximum absolute atomic E-state index is 10.4. The molecule has 0 unspecified atom stereocenters. The van der Waals surface area contributed by atoms with Gasteiger partial charge in [-0.1, -0.05) is 27.7 Å². The first-order valence-electron chi connectivity index (χ1n) is 5.27. The van der Waals surface area contributed by atoms with Crippen molar-refractivity contribution in [3.05, 3.63) is 0 Å². The lowest BCUT2D eigenvalue weighted by Crippen LogP contribution is -2.13. The van der Waals surface area contributed by atoms with E-state index in [4.69, 9.17) is 0 Å². The van der Waals surface area contributed by atoms with Crippen LogP contribution in [0, 0.1) is 0 Å². The molecule has 0 spiro atoms. The maximum Gasteiger partial charge on any atom is 0.129 e. The molecule has 0 fully saturated rings. The molecule has 0 aliphatic heterocycles. The number of rotatable bonds is 4. The maximum atomic E-state index is 10.4. The van der Waals surface area contributed by atoms with Crippen molar-refractivity contribution in [2.75, 3.05) is 20.6 Å². The van der Waals surface area contributed by atoms with Gasteiger partial charge < -0.3 is 9.69 Å². The second kappa shape index (κ2) is 17.6. The van der Waals surface area contributed by atoms with Crippen molar-refractivity contribution in [2.24, 2.45) is 0 Å². The molecule has 0 heterocycles. The second-order valence-electron chi connectivity index (χ2n) is 2.61. The summed E-state index contributed by atoms with van der Waals surface area (Å²) in [5, 5.41) is 0. The minimum Gasteiger partial charge on any atom is -0.309 e. The molecule has 0 atom stereocenters. The lowest BCUT2D eigenvalue weighted by Gasteiger charge is -2.06. The van der Waals surface area contributed by atoms with Gasteiger partial charge in [-0.25, -0.2) is 0 Å². The fourth-order valence-electron chi connectivity index (χ4n) is 0.644. The Morgan fingerprint density at radius 1 is 1.08 bits per heavy atom. The Hall–Kier alpha value is -0.370. The molecule has 82 valence electrons. The van der Waals surface area contributed by atoms with E-state index >= 15 is 0 Å². The summed E-state index contributed by atoms with van der Waals surface area (Å²) in [6.07, 6.45) is 1.71. The Labute approximate surface area is 84.3 Å². The minimum atomic E-state index is 0.289. The monoisotopic (exact) mass is 189 g/mol. The highest BCUT2D eigenvalue weighted by Crippen LogP contribution is 1.90. The highest BCUT2D eigenvalue weighted by molar-refractivity contribution is 5.75. The van der Waals surface area contributed by atoms with E-state index in [1.165, 1.54) is 0 Å². The van der Waals surface area contributed by atoms with Crippen LogP contribution in [-0.2, 0) is 4.79 Å². The SMILES string of the molecule is CC.CC.CC(=O)CCCN(C)C. The number of carbonyl (C=O) groups is 1. The van der Waals surface area contributed by atoms with Crippen LogP contribution in [0.2, 0.25) is 0 Å². The van der Waals surface area contributed by atoms with E-state index in [2.05, 4.69) is 4.90 Å². The number of carbonyl (C=O) groups excluding carboxylic acids is 1. The molecule has 0 saturated heterocycles. The van der Waals surface area contributed by atoms with Crippen molar-refractivity contribution >= 4 is 5.78 Å². The highest BCUT2D eigenvalue weighted by Gasteiger charge is 1.93. The summed E-state index contributed by atoms with van der Waals surface area (Å²) in [7, 11) is 4.03. The zero-order chi connectivity index (χ0) is 11.3. The quantitative estimate of drug-likeness (QED) is 0.677. The normalized spacial score (nSPS) is 8.00. The molecule has 0 amide bonds. The zero-order valence-electron chi connectivity index (χ0n) is 10.5. The van der Waals surface area contributed by atoms with Gasteiger partial charge >= 0.3 is 0 Å². The van der Waals surface area contributed by atoms with E-state index in [9.17, 15) is 4.79 Å². The Balaban J connectivity index is -0.000000218. The van der Waals surface area contributed by atoms with E-state index in [0.717, 1.165) is 19.4 Å². The largest absolute Gasteiger partial charge is 0.309 e.